The first-order valence-corrected chi connectivity index (χ1v) is 8.53. The summed E-state index contributed by atoms with van der Waals surface area (Å²) in [6.45, 7) is 7.73. The number of nitrogens with one attached hydrogen (secondary N) is 1. The van der Waals surface area contributed by atoms with Gasteiger partial charge in [0, 0.05) is 19.5 Å². The number of para-hydroxylation sites is 1. The molecule has 0 aliphatic carbocycles. The van der Waals surface area contributed by atoms with Crippen molar-refractivity contribution in [1.82, 2.24) is 5.32 Å². The van der Waals surface area contributed by atoms with E-state index in [1.807, 2.05) is 32.0 Å². The summed E-state index contributed by atoms with van der Waals surface area (Å²) in [5.41, 5.74) is 2.38. The van der Waals surface area contributed by atoms with Gasteiger partial charge in [-0.25, -0.2) is 8.42 Å². The largest absolute Gasteiger partial charge is 0.353 e. The lowest BCUT2D eigenvalue weighted by Crippen LogP contribution is -2.35. The molecule has 0 saturated heterocycles. The molecule has 1 N–H and O–H groups in total. The van der Waals surface area contributed by atoms with Crippen LogP contribution in [0, 0.1) is 13.8 Å². The molecule has 0 saturated carbocycles. The third kappa shape index (κ3) is 4.90. The third-order valence-corrected chi connectivity index (χ3v) is 4.24. The summed E-state index contributed by atoms with van der Waals surface area (Å²) in [4.78, 5) is 11.7. The van der Waals surface area contributed by atoms with Crippen molar-refractivity contribution in [2.45, 2.75) is 20.3 Å². The number of hydrogen-bond donors (Lipinski definition) is 1. The zero-order valence-corrected chi connectivity index (χ0v) is 13.5. The quantitative estimate of drug-likeness (QED) is 0.780. The van der Waals surface area contributed by atoms with Gasteiger partial charge in [-0.05, 0) is 25.0 Å². The molecule has 1 amide bonds. The molecule has 0 spiro atoms. The monoisotopic (exact) mass is 310 g/mol. The van der Waals surface area contributed by atoms with Crippen molar-refractivity contribution >= 4 is 21.6 Å². The Morgan fingerprint density at radius 1 is 1.33 bits per heavy atom. The number of aryl methyl sites for hydroxylation is 2. The van der Waals surface area contributed by atoms with Crippen molar-refractivity contribution in [3.05, 3.63) is 42.0 Å². The molecule has 0 heterocycles. The summed E-state index contributed by atoms with van der Waals surface area (Å²) in [7, 11) is -3.45. The molecule has 1 aromatic carbocycles. The highest BCUT2D eigenvalue weighted by atomic mass is 32.2. The lowest BCUT2D eigenvalue weighted by atomic mass is 10.1. The summed E-state index contributed by atoms with van der Waals surface area (Å²) >= 11 is 0. The van der Waals surface area contributed by atoms with Crippen molar-refractivity contribution in [2.75, 3.05) is 23.7 Å². The van der Waals surface area contributed by atoms with E-state index in [1.165, 1.54) is 4.31 Å². The first kappa shape index (κ1) is 17.2. The van der Waals surface area contributed by atoms with E-state index < -0.39 is 10.0 Å². The molecule has 0 unspecified atom stereocenters. The lowest BCUT2D eigenvalue weighted by molar-refractivity contribution is -0.120. The lowest BCUT2D eigenvalue weighted by Gasteiger charge is -2.25. The van der Waals surface area contributed by atoms with Crippen LogP contribution in [0.5, 0.6) is 0 Å². The fraction of sp³-hybridized carbons (Fsp3) is 0.400. The normalized spacial score (nSPS) is 11.0. The molecule has 0 fully saturated rings. The summed E-state index contributed by atoms with van der Waals surface area (Å²) < 4.78 is 25.4. The average molecular weight is 310 g/mol. The molecule has 21 heavy (non-hydrogen) atoms. The molecule has 1 rings (SSSR count). The molecular weight excluding hydrogens is 288 g/mol. The van der Waals surface area contributed by atoms with Crippen molar-refractivity contribution in [3.63, 3.8) is 0 Å². The van der Waals surface area contributed by atoms with Crippen molar-refractivity contribution in [2.24, 2.45) is 0 Å². The standard InChI is InChI=1S/C15H22N2O3S/c1-5-10-16-14(18)9-11-17(21(4,19)20)15-12(2)7-6-8-13(15)3/h5-8H,1,9-11H2,2-4H3,(H,16,18). The van der Waals surface area contributed by atoms with Gasteiger partial charge in [-0.15, -0.1) is 6.58 Å². The maximum Gasteiger partial charge on any atom is 0.232 e. The summed E-state index contributed by atoms with van der Waals surface area (Å²) in [6.07, 6.45) is 2.84. The predicted octanol–water partition coefficient (Wildman–Crippen LogP) is 1.76. The van der Waals surface area contributed by atoms with Gasteiger partial charge in [0.1, 0.15) is 0 Å². The van der Waals surface area contributed by atoms with Crippen LogP contribution in [-0.4, -0.2) is 33.7 Å². The summed E-state index contributed by atoms with van der Waals surface area (Å²) in [5, 5.41) is 2.64. The van der Waals surface area contributed by atoms with Gasteiger partial charge >= 0.3 is 0 Å². The van der Waals surface area contributed by atoms with Crippen LogP contribution in [0.25, 0.3) is 0 Å². The molecule has 0 aliphatic heterocycles. The maximum atomic E-state index is 12.0. The van der Waals surface area contributed by atoms with Crippen LogP contribution in [0.1, 0.15) is 17.5 Å². The zero-order chi connectivity index (χ0) is 16.0. The Kier molecular flexibility index (Phi) is 5.96. The Labute approximate surface area is 126 Å². The number of carbonyl (C=O) groups is 1. The van der Waals surface area contributed by atoms with Crippen LogP contribution in [0.15, 0.2) is 30.9 Å². The maximum absolute atomic E-state index is 12.0. The van der Waals surface area contributed by atoms with Crippen molar-refractivity contribution < 1.29 is 13.2 Å². The van der Waals surface area contributed by atoms with Gasteiger partial charge in [-0.1, -0.05) is 24.3 Å². The molecule has 6 heteroatoms. The second kappa shape index (κ2) is 7.26. The van der Waals surface area contributed by atoms with Crippen LogP contribution >= 0.6 is 0 Å². The van der Waals surface area contributed by atoms with Gasteiger partial charge < -0.3 is 5.32 Å². The minimum atomic E-state index is -3.45. The Morgan fingerprint density at radius 3 is 2.38 bits per heavy atom. The van der Waals surface area contributed by atoms with E-state index in [0.29, 0.717) is 12.2 Å². The highest BCUT2D eigenvalue weighted by Gasteiger charge is 2.21. The van der Waals surface area contributed by atoms with Crippen LogP contribution in [-0.2, 0) is 14.8 Å². The van der Waals surface area contributed by atoms with Gasteiger partial charge in [0.2, 0.25) is 15.9 Å². The van der Waals surface area contributed by atoms with E-state index in [1.54, 1.807) is 6.08 Å². The van der Waals surface area contributed by atoms with Gasteiger partial charge in [0.15, 0.2) is 0 Å². The van der Waals surface area contributed by atoms with Gasteiger partial charge in [0.05, 0.1) is 11.9 Å². The Bertz CT molecular complexity index is 604. The van der Waals surface area contributed by atoms with Gasteiger partial charge in [-0.3, -0.25) is 9.10 Å². The van der Waals surface area contributed by atoms with Gasteiger partial charge in [0.25, 0.3) is 0 Å². The highest BCUT2D eigenvalue weighted by molar-refractivity contribution is 7.92. The second-order valence-corrected chi connectivity index (χ2v) is 6.83. The minimum absolute atomic E-state index is 0.106. The van der Waals surface area contributed by atoms with E-state index in [-0.39, 0.29) is 18.9 Å². The van der Waals surface area contributed by atoms with Gasteiger partial charge in [-0.2, -0.15) is 0 Å². The number of amides is 1. The number of rotatable bonds is 7. The number of carbonyl (C=O) groups excluding carboxylic acids is 1. The minimum Gasteiger partial charge on any atom is -0.353 e. The topological polar surface area (TPSA) is 66.5 Å². The number of nitrogens with zero attached hydrogens (tertiary/aromatic N) is 1. The third-order valence-electron chi connectivity index (χ3n) is 3.07. The fourth-order valence-corrected chi connectivity index (χ4v) is 3.16. The molecule has 116 valence electrons. The van der Waals surface area contributed by atoms with E-state index in [0.717, 1.165) is 17.4 Å². The van der Waals surface area contributed by atoms with Crippen molar-refractivity contribution in [1.29, 1.82) is 0 Å². The van der Waals surface area contributed by atoms with Crippen LogP contribution in [0.2, 0.25) is 0 Å². The van der Waals surface area contributed by atoms with E-state index in [4.69, 9.17) is 0 Å². The molecule has 0 radical (unpaired) electrons. The SMILES string of the molecule is C=CCNC(=O)CCN(c1c(C)cccc1C)S(C)(=O)=O. The molecule has 1 aromatic rings. The van der Waals surface area contributed by atoms with Crippen LogP contribution in [0.3, 0.4) is 0 Å². The summed E-state index contributed by atoms with van der Waals surface area (Å²) in [6, 6.07) is 5.60. The van der Waals surface area contributed by atoms with Crippen molar-refractivity contribution in [3.8, 4) is 0 Å². The second-order valence-electron chi connectivity index (χ2n) is 4.92. The zero-order valence-electron chi connectivity index (χ0n) is 12.7. The van der Waals surface area contributed by atoms with Crippen LogP contribution in [0.4, 0.5) is 5.69 Å². The summed E-state index contributed by atoms with van der Waals surface area (Å²) in [5.74, 6) is -0.199. The predicted molar refractivity (Wildman–Crippen MR) is 85.9 cm³/mol. The molecule has 0 bridgehead atoms. The average Bonchev–Trinajstić information content (AvgIpc) is 2.38. The number of hydrogen-bond acceptors (Lipinski definition) is 3. The number of benzene rings is 1. The first-order chi connectivity index (χ1) is 9.77. The Hall–Kier alpha value is -1.82. The first-order valence-electron chi connectivity index (χ1n) is 6.69. The van der Waals surface area contributed by atoms with E-state index in [2.05, 4.69) is 11.9 Å². The fourth-order valence-electron chi connectivity index (χ4n) is 2.12. The van der Waals surface area contributed by atoms with Crippen LogP contribution < -0.4 is 9.62 Å². The molecular formula is C15H22N2O3S. The highest BCUT2D eigenvalue weighted by Crippen LogP contribution is 2.26. The number of sulfonamides is 1. The smallest absolute Gasteiger partial charge is 0.232 e. The molecule has 5 nitrogen and oxygen atoms in total. The molecule has 0 aliphatic rings. The van der Waals surface area contributed by atoms with E-state index in [9.17, 15) is 13.2 Å². The number of anilines is 1. The Balaban J connectivity index is 2.98. The Morgan fingerprint density at radius 2 is 1.90 bits per heavy atom. The van der Waals surface area contributed by atoms with E-state index >= 15 is 0 Å². The molecule has 0 atom stereocenters. The molecule has 0 aromatic heterocycles.